The number of rotatable bonds is 7. The average Bonchev–Trinajstić information content (AvgIpc) is 3.41. The van der Waals surface area contributed by atoms with Gasteiger partial charge in [0.15, 0.2) is 5.78 Å². The monoisotopic (exact) mass is 351 g/mol. The normalized spacial score (nSPS) is 15.5. The van der Waals surface area contributed by atoms with Crippen molar-refractivity contribution < 1.29 is 13.9 Å². The molecule has 1 heterocycles. The van der Waals surface area contributed by atoms with Gasteiger partial charge in [0.2, 0.25) is 0 Å². The molecule has 0 bridgehead atoms. The van der Waals surface area contributed by atoms with Crippen molar-refractivity contribution in [3.63, 3.8) is 0 Å². The number of carbonyl (C=O) groups excluding carboxylic acids is 1. The molecule has 3 nitrogen and oxygen atoms in total. The number of hydrogen-bond donors (Lipinski definition) is 0. The van der Waals surface area contributed by atoms with E-state index in [1.165, 1.54) is 30.7 Å². The molecule has 4 rings (SSSR count). The van der Waals surface area contributed by atoms with Crippen LogP contribution in [-0.4, -0.2) is 18.6 Å². The number of Topliss-reactive ketones (excluding diaryl/α,β-unsaturated/α-hetero) is 1. The highest BCUT2D eigenvalue weighted by Crippen LogP contribution is 2.44. The summed E-state index contributed by atoms with van der Waals surface area (Å²) in [7, 11) is 1.64. The van der Waals surface area contributed by atoms with E-state index in [1.54, 1.807) is 19.2 Å². The number of nitrogens with zero attached hydrogens (tertiary/aromatic N) is 1. The first-order valence-corrected chi connectivity index (χ1v) is 9.20. The summed E-state index contributed by atoms with van der Waals surface area (Å²) < 4.78 is 18.4. The van der Waals surface area contributed by atoms with Gasteiger partial charge in [-0.25, -0.2) is 4.39 Å². The summed E-state index contributed by atoms with van der Waals surface area (Å²) in [4.78, 5) is 17.6. The fourth-order valence-electron chi connectivity index (χ4n) is 3.60. The molecule has 2 aromatic carbocycles. The Labute approximate surface area is 152 Å². The predicted octanol–water partition coefficient (Wildman–Crippen LogP) is 5.08. The molecular formula is C22H22FNO2. The minimum absolute atomic E-state index is 0.151. The number of methoxy groups -OCH3 is 1. The molecule has 0 N–H and O–H groups in total. The minimum atomic E-state index is -0.231. The Bertz CT molecular complexity index is 866. The SMILES string of the molecule is COc1ccc(C(=O)CCCc2ccc(F)cc2)c2c1N=C(C1CC1)C2. The van der Waals surface area contributed by atoms with Crippen LogP contribution in [0, 0.1) is 11.7 Å². The lowest BCUT2D eigenvalue weighted by Gasteiger charge is -2.10. The largest absolute Gasteiger partial charge is 0.494 e. The van der Waals surface area contributed by atoms with Crippen molar-refractivity contribution in [3.05, 3.63) is 58.9 Å². The first-order chi connectivity index (χ1) is 12.7. The summed E-state index contributed by atoms with van der Waals surface area (Å²) in [6.45, 7) is 0. The van der Waals surface area contributed by atoms with Crippen molar-refractivity contribution in [2.45, 2.75) is 38.5 Å². The quantitative estimate of drug-likeness (QED) is 0.653. The third-order valence-corrected chi connectivity index (χ3v) is 5.21. The van der Waals surface area contributed by atoms with E-state index in [4.69, 9.17) is 9.73 Å². The number of halogens is 1. The Morgan fingerprint density at radius 3 is 2.65 bits per heavy atom. The summed E-state index contributed by atoms with van der Waals surface area (Å²) in [6, 6.07) is 10.2. The van der Waals surface area contributed by atoms with Crippen molar-refractivity contribution in [2.24, 2.45) is 10.9 Å². The van der Waals surface area contributed by atoms with Gasteiger partial charge in [-0.3, -0.25) is 9.79 Å². The molecule has 4 heteroatoms. The smallest absolute Gasteiger partial charge is 0.163 e. The molecule has 134 valence electrons. The second kappa shape index (κ2) is 7.02. The molecule has 1 saturated carbocycles. The molecule has 1 fully saturated rings. The number of hydrogen-bond acceptors (Lipinski definition) is 3. The average molecular weight is 351 g/mol. The second-order valence-corrected chi connectivity index (χ2v) is 7.10. The molecular weight excluding hydrogens is 329 g/mol. The number of fused-ring (bicyclic) bond motifs is 1. The molecule has 0 amide bonds. The van der Waals surface area contributed by atoms with Crippen LogP contribution >= 0.6 is 0 Å². The Morgan fingerprint density at radius 1 is 1.19 bits per heavy atom. The van der Waals surface area contributed by atoms with Crippen molar-refractivity contribution in [3.8, 4) is 5.75 Å². The Kier molecular flexibility index (Phi) is 4.58. The number of aryl methyl sites for hydroxylation is 1. The minimum Gasteiger partial charge on any atom is -0.494 e. The van der Waals surface area contributed by atoms with Crippen LogP contribution < -0.4 is 4.74 Å². The molecule has 1 aliphatic heterocycles. The van der Waals surface area contributed by atoms with Gasteiger partial charge in [-0.05, 0) is 67.0 Å². The van der Waals surface area contributed by atoms with Gasteiger partial charge in [0.1, 0.15) is 17.3 Å². The zero-order valence-electron chi connectivity index (χ0n) is 14.9. The molecule has 2 aromatic rings. The van der Waals surface area contributed by atoms with Gasteiger partial charge in [-0.15, -0.1) is 0 Å². The molecule has 0 saturated heterocycles. The van der Waals surface area contributed by atoms with Crippen molar-refractivity contribution in [1.29, 1.82) is 0 Å². The fraction of sp³-hybridized carbons (Fsp3) is 0.364. The summed E-state index contributed by atoms with van der Waals surface area (Å²) in [6.07, 6.45) is 5.19. The second-order valence-electron chi connectivity index (χ2n) is 7.10. The lowest BCUT2D eigenvalue weighted by Crippen LogP contribution is -2.07. The molecule has 1 aliphatic carbocycles. The van der Waals surface area contributed by atoms with Crippen molar-refractivity contribution in [1.82, 2.24) is 0 Å². The van der Waals surface area contributed by atoms with Crippen LogP contribution in [0.5, 0.6) is 5.75 Å². The van der Waals surface area contributed by atoms with E-state index in [1.807, 2.05) is 12.1 Å². The van der Waals surface area contributed by atoms with Crippen LogP contribution in [-0.2, 0) is 12.8 Å². The number of benzene rings is 2. The van der Waals surface area contributed by atoms with Gasteiger partial charge in [0, 0.05) is 24.1 Å². The lowest BCUT2D eigenvalue weighted by atomic mass is 9.95. The van der Waals surface area contributed by atoms with Gasteiger partial charge in [-0.2, -0.15) is 0 Å². The van der Waals surface area contributed by atoms with Crippen LogP contribution in [0.2, 0.25) is 0 Å². The Morgan fingerprint density at radius 2 is 1.96 bits per heavy atom. The van der Waals surface area contributed by atoms with Crippen molar-refractivity contribution in [2.75, 3.05) is 7.11 Å². The van der Waals surface area contributed by atoms with E-state index >= 15 is 0 Å². The van der Waals surface area contributed by atoms with Crippen LogP contribution in [0.25, 0.3) is 0 Å². The van der Waals surface area contributed by atoms with Crippen LogP contribution in [0.1, 0.15) is 47.2 Å². The third-order valence-electron chi connectivity index (χ3n) is 5.21. The summed E-state index contributed by atoms with van der Waals surface area (Å²) in [5.41, 5.74) is 4.90. The van der Waals surface area contributed by atoms with E-state index < -0.39 is 0 Å². The molecule has 26 heavy (non-hydrogen) atoms. The summed E-state index contributed by atoms with van der Waals surface area (Å²) in [5, 5.41) is 0. The maximum absolute atomic E-state index is 13.0. The zero-order chi connectivity index (χ0) is 18.1. The van der Waals surface area contributed by atoms with E-state index in [2.05, 4.69) is 0 Å². The third kappa shape index (κ3) is 3.41. The van der Waals surface area contributed by atoms with E-state index in [0.717, 1.165) is 47.4 Å². The standard InChI is InChI=1S/C22H22FNO2/c1-26-21-12-11-17(18-13-19(15-7-8-15)24-22(18)21)20(25)4-2-3-14-5-9-16(23)10-6-14/h5-6,9-12,15H,2-4,7-8,13H2,1H3. The van der Waals surface area contributed by atoms with Crippen molar-refractivity contribution >= 4 is 17.2 Å². The van der Waals surface area contributed by atoms with E-state index in [0.29, 0.717) is 12.3 Å². The number of aliphatic imine (C=N–C) groups is 1. The van der Waals surface area contributed by atoms with Gasteiger partial charge in [0.05, 0.1) is 7.11 Å². The van der Waals surface area contributed by atoms with Gasteiger partial charge in [-0.1, -0.05) is 12.1 Å². The molecule has 0 atom stereocenters. The molecule has 2 aliphatic rings. The number of ketones is 1. The lowest BCUT2D eigenvalue weighted by molar-refractivity contribution is 0.0979. The zero-order valence-corrected chi connectivity index (χ0v) is 14.9. The summed E-state index contributed by atoms with van der Waals surface area (Å²) >= 11 is 0. The van der Waals surface area contributed by atoms with Gasteiger partial charge in [0.25, 0.3) is 0 Å². The predicted molar refractivity (Wildman–Crippen MR) is 100 cm³/mol. The first kappa shape index (κ1) is 17.0. The number of ether oxygens (including phenoxy) is 1. The Hall–Kier alpha value is -2.49. The first-order valence-electron chi connectivity index (χ1n) is 9.20. The molecule has 0 spiro atoms. The van der Waals surface area contributed by atoms with E-state index in [9.17, 15) is 9.18 Å². The molecule has 0 radical (unpaired) electrons. The van der Waals surface area contributed by atoms with Gasteiger partial charge < -0.3 is 4.74 Å². The van der Waals surface area contributed by atoms with Gasteiger partial charge >= 0.3 is 0 Å². The molecule has 0 aromatic heterocycles. The maximum Gasteiger partial charge on any atom is 0.163 e. The van der Waals surface area contributed by atoms with Crippen LogP contribution in [0.4, 0.5) is 10.1 Å². The molecule has 0 unspecified atom stereocenters. The highest BCUT2D eigenvalue weighted by atomic mass is 19.1. The Balaban J connectivity index is 1.46. The van der Waals surface area contributed by atoms with E-state index in [-0.39, 0.29) is 11.6 Å². The number of carbonyl (C=O) groups is 1. The van der Waals surface area contributed by atoms with Crippen LogP contribution in [0.15, 0.2) is 41.4 Å². The summed E-state index contributed by atoms with van der Waals surface area (Å²) in [5.74, 6) is 1.26. The fourth-order valence-corrected chi connectivity index (χ4v) is 3.60. The van der Waals surface area contributed by atoms with Crippen LogP contribution in [0.3, 0.4) is 0 Å². The highest BCUT2D eigenvalue weighted by Gasteiger charge is 2.33. The topological polar surface area (TPSA) is 38.7 Å². The highest BCUT2D eigenvalue weighted by molar-refractivity contribution is 6.05. The maximum atomic E-state index is 13.0.